The third-order valence-corrected chi connectivity index (χ3v) is 5.94. The quantitative estimate of drug-likeness (QED) is 0.489. The molecule has 2 aliphatic rings. The summed E-state index contributed by atoms with van der Waals surface area (Å²) in [5.41, 5.74) is 2.78. The summed E-state index contributed by atoms with van der Waals surface area (Å²) >= 11 is 0. The minimum Gasteiger partial charge on any atom is -0.464 e. The van der Waals surface area contributed by atoms with Gasteiger partial charge in [0, 0.05) is 6.54 Å². The van der Waals surface area contributed by atoms with Crippen LogP contribution in [-0.2, 0) is 16.0 Å². The first-order valence-electron chi connectivity index (χ1n) is 9.88. The predicted octanol–water partition coefficient (Wildman–Crippen LogP) is 4.61. The lowest BCUT2D eigenvalue weighted by Crippen LogP contribution is -2.33. The summed E-state index contributed by atoms with van der Waals surface area (Å²) in [6.45, 7) is 7.62. The van der Waals surface area contributed by atoms with E-state index in [0.29, 0.717) is 18.4 Å². The fraction of sp³-hybridized carbons (Fsp3) is 0.591. The van der Waals surface area contributed by atoms with Gasteiger partial charge in [0.15, 0.2) is 0 Å². The summed E-state index contributed by atoms with van der Waals surface area (Å²) in [4.78, 5) is 15.3. The average molecular weight is 378 g/mol. The van der Waals surface area contributed by atoms with Gasteiger partial charge in [-0.05, 0) is 61.7 Å². The molecule has 0 saturated heterocycles. The summed E-state index contributed by atoms with van der Waals surface area (Å²) in [6, 6.07) is 8.63. The monoisotopic (exact) mass is 377 g/mol. The highest BCUT2D eigenvalue weighted by Crippen LogP contribution is 2.44. The van der Waals surface area contributed by atoms with Crippen LogP contribution in [0.15, 0.2) is 36.4 Å². The molecule has 0 aliphatic heterocycles. The second kappa shape index (κ2) is 10.1. The van der Waals surface area contributed by atoms with Crippen LogP contribution in [0.5, 0.6) is 0 Å². The Morgan fingerprint density at radius 2 is 2.00 bits per heavy atom. The van der Waals surface area contributed by atoms with Crippen molar-refractivity contribution in [3.05, 3.63) is 47.5 Å². The largest absolute Gasteiger partial charge is 0.464 e. The minimum atomic E-state index is -0.0286. The number of esters is 1. The van der Waals surface area contributed by atoms with Crippen molar-refractivity contribution >= 4 is 18.4 Å². The zero-order valence-corrected chi connectivity index (χ0v) is 16.8. The Hall–Kier alpha value is -1.32. The maximum atomic E-state index is 13.0. The first-order chi connectivity index (χ1) is 12.2. The maximum absolute atomic E-state index is 13.0. The maximum Gasteiger partial charge on any atom is 0.310 e. The number of halogens is 1. The van der Waals surface area contributed by atoms with Crippen LogP contribution in [0, 0.1) is 11.8 Å². The van der Waals surface area contributed by atoms with Gasteiger partial charge in [0.05, 0.1) is 5.92 Å². The van der Waals surface area contributed by atoms with Crippen LogP contribution in [0.25, 0.3) is 0 Å². The number of fused-ring (bicyclic) bond motifs is 1. The molecule has 1 aromatic carbocycles. The summed E-state index contributed by atoms with van der Waals surface area (Å²) < 4.78 is 5.76. The molecule has 0 fully saturated rings. The molecule has 0 aromatic heterocycles. The fourth-order valence-corrected chi connectivity index (χ4v) is 4.47. The molecule has 144 valence electrons. The molecule has 3 unspecified atom stereocenters. The smallest absolute Gasteiger partial charge is 0.310 e. The number of carbonyl (C=O) groups excluding carboxylic acids is 1. The number of ether oxygens (including phenoxy) is 1. The summed E-state index contributed by atoms with van der Waals surface area (Å²) in [5, 5.41) is 0. The molecule has 0 spiro atoms. The van der Waals surface area contributed by atoms with E-state index in [0.717, 1.165) is 45.3 Å². The van der Waals surface area contributed by atoms with E-state index in [4.69, 9.17) is 4.74 Å². The van der Waals surface area contributed by atoms with Gasteiger partial charge in [-0.1, -0.05) is 50.3 Å². The van der Waals surface area contributed by atoms with Gasteiger partial charge in [0.2, 0.25) is 0 Å². The Balaban J connectivity index is 0.00000243. The molecule has 0 heterocycles. The lowest BCUT2D eigenvalue weighted by atomic mass is 9.78. The normalized spacial score (nSPS) is 22.1. The SMILES string of the molecule is CCN(CC)CCOC(=O)C(C1C=CCC1)C1CCc2ccccc21.Cl. The van der Waals surface area contributed by atoms with Crippen molar-refractivity contribution in [1.29, 1.82) is 0 Å². The predicted molar refractivity (Wildman–Crippen MR) is 109 cm³/mol. The number of benzene rings is 1. The van der Waals surface area contributed by atoms with E-state index in [-0.39, 0.29) is 24.3 Å². The molecular formula is C22H32ClNO2. The van der Waals surface area contributed by atoms with E-state index in [2.05, 4.69) is 55.2 Å². The molecule has 2 aliphatic carbocycles. The van der Waals surface area contributed by atoms with Crippen molar-refractivity contribution in [2.45, 2.75) is 45.4 Å². The summed E-state index contributed by atoms with van der Waals surface area (Å²) in [5.74, 6) is 0.617. The highest BCUT2D eigenvalue weighted by molar-refractivity contribution is 5.85. The van der Waals surface area contributed by atoms with Crippen molar-refractivity contribution in [1.82, 2.24) is 4.90 Å². The van der Waals surface area contributed by atoms with Crippen LogP contribution in [0.4, 0.5) is 0 Å². The van der Waals surface area contributed by atoms with E-state index in [1.54, 1.807) is 0 Å². The molecule has 0 bridgehead atoms. The van der Waals surface area contributed by atoms with Gasteiger partial charge >= 0.3 is 5.97 Å². The van der Waals surface area contributed by atoms with Crippen LogP contribution >= 0.6 is 12.4 Å². The number of hydrogen-bond donors (Lipinski definition) is 0. The van der Waals surface area contributed by atoms with Crippen LogP contribution < -0.4 is 0 Å². The summed E-state index contributed by atoms with van der Waals surface area (Å²) in [6.07, 6.45) is 8.79. The minimum absolute atomic E-state index is 0. The van der Waals surface area contributed by atoms with Gasteiger partial charge in [0.25, 0.3) is 0 Å². The first kappa shape index (κ1) is 21.0. The van der Waals surface area contributed by atoms with Gasteiger partial charge in [-0.15, -0.1) is 12.4 Å². The van der Waals surface area contributed by atoms with Gasteiger partial charge < -0.3 is 9.64 Å². The van der Waals surface area contributed by atoms with E-state index < -0.39 is 0 Å². The van der Waals surface area contributed by atoms with Crippen molar-refractivity contribution in [2.75, 3.05) is 26.2 Å². The van der Waals surface area contributed by atoms with E-state index >= 15 is 0 Å². The number of allylic oxidation sites excluding steroid dienone is 2. The van der Waals surface area contributed by atoms with Crippen LogP contribution in [0.2, 0.25) is 0 Å². The van der Waals surface area contributed by atoms with Crippen molar-refractivity contribution < 1.29 is 9.53 Å². The average Bonchev–Trinajstić information content (AvgIpc) is 3.30. The highest BCUT2D eigenvalue weighted by atomic mass is 35.5. The molecule has 0 N–H and O–H groups in total. The Kier molecular flexibility index (Phi) is 8.17. The molecule has 3 rings (SSSR count). The number of nitrogens with zero attached hydrogens (tertiary/aromatic N) is 1. The van der Waals surface area contributed by atoms with E-state index in [1.807, 2.05) is 0 Å². The molecule has 0 radical (unpaired) electrons. The zero-order chi connectivity index (χ0) is 17.6. The van der Waals surface area contributed by atoms with Gasteiger partial charge in [0.1, 0.15) is 6.61 Å². The highest BCUT2D eigenvalue weighted by Gasteiger charge is 2.39. The van der Waals surface area contributed by atoms with E-state index in [9.17, 15) is 4.79 Å². The summed E-state index contributed by atoms with van der Waals surface area (Å²) in [7, 11) is 0. The number of carbonyl (C=O) groups is 1. The van der Waals surface area contributed by atoms with Crippen LogP contribution in [-0.4, -0.2) is 37.1 Å². The second-order valence-electron chi connectivity index (χ2n) is 7.23. The topological polar surface area (TPSA) is 29.5 Å². The molecule has 1 aromatic rings. The molecule has 0 amide bonds. The van der Waals surface area contributed by atoms with Crippen molar-refractivity contribution in [2.24, 2.45) is 11.8 Å². The lowest BCUT2D eigenvalue weighted by Gasteiger charge is -2.28. The molecule has 3 atom stereocenters. The molecule has 3 nitrogen and oxygen atoms in total. The van der Waals surface area contributed by atoms with Crippen LogP contribution in [0.1, 0.15) is 50.2 Å². The van der Waals surface area contributed by atoms with Gasteiger partial charge in [-0.25, -0.2) is 0 Å². The molecule has 26 heavy (non-hydrogen) atoms. The van der Waals surface area contributed by atoms with Gasteiger partial charge in [-0.3, -0.25) is 4.79 Å². The first-order valence-corrected chi connectivity index (χ1v) is 9.88. The second-order valence-corrected chi connectivity index (χ2v) is 7.23. The number of likely N-dealkylation sites (N-methyl/N-ethyl adjacent to an activating group) is 1. The molecule has 0 saturated carbocycles. The number of rotatable bonds is 8. The Bertz CT molecular complexity index is 612. The number of aryl methyl sites for hydroxylation is 1. The van der Waals surface area contributed by atoms with Crippen molar-refractivity contribution in [3.63, 3.8) is 0 Å². The molecule has 4 heteroatoms. The standard InChI is InChI=1S/C22H31NO2.ClH/c1-3-23(4-2)15-16-25-22(24)21(18-10-5-6-11-18)20-14-13-17-9-7-8-12-19(17)20;/h5,7-10,12,18,20-21H,3-4,6,11,13-16H2,1-2H3;1H. The third-order valence-electron chi connectivity index (χ3n) is 5.94. The Labute approximate surface area is 164 Å². The number of hydrogen-bond acceptors (Lipinski definition) is 3. The van der Waals surface area contributed by atoms with Crippen molar-refractivity contribution in [3.8, 4) is 0 Å². The van der Waals surface area contributed by atoms with Gasteiger partial charge in [-0.2, -0.15) is 0 Å². The van der Waals surface area contributed by atoms with Crippen LogP contribution in [0.3, 0.4) is 0 Å². The third kappa shape index (κ3) is 4.69. The Morgan fingerprint density at radius 1 is 1.23 bits per heavy atom. The molecular weight excluding hydrogens is 346 g/mol. The lowest BCUT2D eigenvalue weighted by molar-refractivity contribution is -0.151. The Morgan fingerprint density at radius 3 is 2.69 bits per heavy atom. The fourth-order valence-electron chi connectivity index (χ4n) is 4.47. The van der Waals surface area contributed by atoms with E-state index in [1.165, 1.54) is 11.1 Å². The zero-order valence-electron chi connectivity index (χ0n) is 16.0.